The molecule has 21 heavy (non-hydrogen) atoms. The van der Waals surface area contributed by atoms with Crippen molar-refractivity contribution in [2.24, 2.45) is 11.3 Å². The molecule has 0 aromatic heterocycles. The van der Waals surface area contributed by atoms with Gasteiger partial charge in [-0.05, 0) is 6.42 Å². The standard InChI is InChI=1S/C13H21NO6Si/c1-21(2,3)5-4-13(8-14(19)20)10(12(17)18)6-9(15)7-11(13)16/h9-11,15-16H,6-8H2,1-3H3,(H,17,18). The van der Waals surface area contributed by atoms with Crippen LogP contribution >= 0.6 is 0 Å². The Morgan fingerprint density at radius 2 is 1.95 bits per heavy atom. The van der Waals surface area contributed by atoms with Crippen LogP contribution < -0.4 is 0 Å². The Morgan fingerprint density at radius 1 is 1.38 bits per heavy atom. The highest BCUT2D eigenvalue weighted by molar-refractivity contribution is 6.83. The SMILES string of the molecule is C[Si](C)(C)C#CC1(C[N+](=O)[O-])C(O)CC(O)CC1C(=O)O. The van der Waals surface area contributed by atoms with Gasteiger partial charge in [-0.25, -0.2) is 0 Å². The molecule has 7 nitrogen and oxygen atoms in total. The first-order valence-corrected chi connectivity index (χ1v) is 10.2. The van der Waals surface area contributed by atoms with Crippen LogP contribution in [0.5, 0.6) is 0 Å². The zero-order chi connectivity index (χ0) is 16.4. The number of carboxylic acid groups (broad SMARTS) is 1. The highest BCUT2D eigenvalue weighted by Crippen LogP contribution is 2.42. The number of hydrogen-bond donors (Lipinski definition) is 3. The fourth-order valence-electron chi connectivity index (χ4n) is 2.54. The van der Waals surface area contributed by atoms with Gasteiger partial charge in [-0.3, -0.25) is 14.9 Å². The number of rotatable bonds is 3. The van der Waals surface area contributed by atoms with E-state index in [-0.39, 0.29) is 12.8 Å². The predicted octanol–water partition coefficient (Wildman–Crippen LogP) is 0.347. The van der Waals surface area contributed by atoms with Crippen LogP contribution in [0.15, 0.2) is 0 Å². The predicted molar refractivity (Wildman–Crippen MR) is 77.8 cm³/mol. The van der Waals surface area contributed by atoms with Crippen molar-refractivity contribution < 1.29 is 25.0 Å². The number of nitro groups is 1. The molecule has 0 bridgehead atoms. The van der Waals surface area contributed by atoms with Crippen molar-refractivity contribution in [3.8, 4) is 11.5 Å². The van der Waals surface area contributed by atoms with E-state index in [1.54, 1.807) is 0 Å². The van der Waals surface area contributed by atoms with Crippen molar-refractivity contribution in [1.82, 2.24) is 0 Å². The lowest BCUT2D eigenvalue weighted by Crippen LogP contribution is -2.54. The lowest BCUT2D eigenvalue weighted by Gasteiger charge is -2.41. The van der Waals surface area contributed by atoms with Gasteiger partial charge in [0.05, 0.1) is 18.1 Å². The van der Waals surface area contributed by atoms with Crippen LogP contribution in [-0.2, 0) is 4.79 Å². The van der Waals surface area contributed by atoms with Crippen LogP contribution in [0.2, 0.25) is 19.6 Å². The second kappa shape index (κ2) is 6.13. The first-order chi connectivity index (χ1) is 9.48. The Morgan fingerprint density at radius 3 is 2.38 bits per heavy atom. The lowest BCUT2D eigenvalue weighted by molar-refractivity contribution is -0.500. The van der Waals surface area contributed by atoms with Crippen LogP contribution in [0.25, 0.3) is 0 Å². The minimum atomic E-state index is -1.90. The summed E-state index contributed by atoms with van der Waals surface area (Å²) in [6.45, 7) is 5.05. The summed E-state index contributed by atoms with van der Waals surface area (Å²) >= 11 is 0. The molecule has 1 aliphatic carbocycles. The topological polar surface area (TPSA) is 121 Å². The fourth-order valence-corrected chi connectivity index (χ4v) is 3.15. The second-order valence-corrected chi connectivity index (χ2v) is 11.3. The lowest BCUT2D eigenvalue weighted by atomic mass is 9.64. The molecule has 0 aromatic carbocycles. The average molecular weight is 315 g/mol. The summed E-state index contributed by atoms with van der Waals surface area (Å²) in [5.41, 5.74) is 1.30. The molecule has 0 radical (unpaired) electrons. The number of carboxylic acids is 1. The van der Waals surface area contributed by atoms with Crippen LogP contribution in [0.4, 0.5) is 0 Å². The van der Waals surface area contributed by atoms with Crippen molar-refractivity contribution in [3.63, 3.8) is 0 Å². The number of hydrogen-bond acceptors (Lipinski definition) is 5. The van der Waals surface area contributed by atoms with Crippen LogP contribution in [-0.4, -0.2) is 53.0 Å². The Hall–Kier alpha value is -1.43. The Labute approximate surface area is 124 Å². The third-order valence-corrected chi connectivity index (χ3v) is 4.45. The maximum atomic E-state index is 11.5. The third-order valence-electron chi connectivity index (χ3n) is 3.58. The quantitative estimate of drug-likeness (QED) is 0.299. The zero-order valence-electron chi connectivity index (χ0n) is 12.4. The molecular weight excluding hydrogens is 294 g/mol. The largest absolute Gasteiger partial charge is 0.481 e. The molecule has 4 unspecified atom stereocenters. The van der Waals surface area contributed by atoms with Crippen molar-refractivity contribution in [1.29, 1.82) is 0 Å². The molecule has 0 spiro atoms. The van der Waals surface area contributed by atoms with Gasteiger partial charge >= 0.3 is 5.97 Å². The maximum absolute atomic E-state index is 11.5. The molecule has 1 saturated carbocycles. The van der Waals surface area contributed by atoms with E-state index >= 15 is 0 Å². The summed E-state index contributed by atoms with van der Waals surface area (Å²) in [5.74, 6) is 0.199. The molecule has 3 N–H and O–H groups in total. The molecule has 1 aliphatic rings. The molecule has 0 aliphatic heterocycles. The minimum Gasteiger partial charge on any atom is -0.481 e. The summed E-state index contributed by atoms with van der Waals surface area (Å²) in [7, 11) is -1.90. The number of aliphatic hydroxyl groups is 2. The summed E-state index contributed by atoms with van der Waals surface area (Å²) < 4.78 is 0. The van der Waals surface area contributed by atoms with E-state index in [1.807, 2.05) is 19.6 Å². The Balaban J connectivity index is 3.37. The smallest absolute Gasteiger partial charge is 0.308 e. The van der Waals surface area contributed by atoms with Crippen molar-refractivity contribution in [2.45, 2.75) is 44.7 Å². The van der Waals surface area contributed by atoms with Crippen LogP contribution in [0.1, 0.15) is 12.8 Å². The van der Waals surface area contributed by atoms with E-state index < -0.39 is 49.1 Å². The summed E-state index contributed by atoms with van der Waals surface area (Å²) in [6, 6.07) is 0. The van der Waals surface area contributed by atoms with Gasteiger partial charge in [-0.15, -0.1) is 5.54 Å². The average Bonchev–Trinajstić information content (AvgIpc) is 2.28. The van der Waals surface area contributed by atoms with Gasteiger partial charge in [-0.1, -0.05) is 25.6 Å². The molecule has 0 aromatic rings. The maximum Gasteiger partial charge on any atom is 0.308 e. The van der Waals surface area contributed by atoms with E-state index in [2.05, 4.69) is 11.5 Å². The normalized spacial score (nSPS) is 32.9. The van der Waals surface area contributed by atoms with Gasteiger partial charge in [0, 0.05) is 11.3 Å². The molecule has 4 atom stereocenters. The number of aliphatic hydroxyl groups excluding tert-OH is 2. The van der Waals surface area contributed by atoms with Gasteiger partial charge in [0.25, 0.3) is 0 Å². The van der Waals surface area contributed by atoms with Gasteiger partial charge in [0.2, 0.25) is 6.54 Å². The number of aliphatic carboxylic acids is 1. The van der Waals surface area contributed by atoms with Gasteiger partial charge in [0.15, 0.2) is 0 Å². The van der Waals surface area contributed by atoms with Crippen molar-refractivity contribution in [2.75, 3.05) is 6.54 Å². The van der Waals surface area contributed by atoms with Gasteiger partial charge in [0.1, 0.15) is 13.5 Å². The van der Waals surface area contributed by atoms with Crippen molar-refractivity contribution >= 4 is 14.0 Å². The first-order valence-electron chi connectivity index (χ1n) is 6.73. The van der Waals surface area contributed by atoms with Crippen LogP contribution in [0, 0.1) is 32.9 Å². The first kappa shape index (κ1) is 17.6. The molecule has 1 rings (SSSR count). The highest BCUT2D eigenvalue weighted by atomic mass is 28.3. The summed E-state index contributed by atoms with van der Waals surface area (Å²) in [5, 5.41) is 40.2. The number of nitrogens with zero attached hydrogens (tertiary/aromatic N) is 1. The molecular formula is C13H21NO6Si. The minimum absolute atomic E-state index is 0.0992. The molecule has 0 amide bonds. The highest BCUT2D eigenvalue weighted by Gasteiger charge is 2.55. The molecule has 1 fully saturated rings. The number of carbonyl (C=O) groups is 1. The van der Waals surface area contributed by atoms with Crippen LogP contribution in [0.3, 0.4) is 0 Å². The zero-order valence-corrected chi connectivity index (χ0v) is 13.4. The third kappa shape index (κ3) is 4.26. The molecule has 0 heterocycles. The molecule has 8 heteroatoms. The van der Waals surface area contributed by atoms with E-state index in [4.69, 9.17) is 0 Å². The van der Waals surface area contributed by atoms with E-state index in [0.29, 0.717) is 0 Å². The Kier molecular flexibility index (Phi) is 5.14. The molecule has 0 saturated heterocycles. The van der Waals surface area contributed by atoms with E-state index in [1.165, 1.54) is 0 Å². The summed E-state index contributed by atoms with van der Waals surface area (Å²) in [6.07, 6.45) is -2.57. The van der Waals surface area contributed by atoms with Gasteiger partial charge in [-0.2, -0.15) is 0 Å². The monoisotopic (exact) mass is 315 g/mol. The van der Waals surface area contributed by atoms with Crippen molar-refractivity contribution in [3.05, 3.63) is 10.1 Å². The molecule has 118 valence electrons. The Bertz CT molecular complexity index is 491. The fraction of sp³-hybridized carbons (Fsp3) is 0.769. The van der Waals surface area contributed by atoms with E-state index in [9.17, 15) is 30.2 Å². The van der Waals surface area contributed by atoms with E-state index in [0.717, 1.165) is 0 Å². The summed E-state index contributed by atoms with van der Waals surface area (Å²) in [4.78, 5) is 21.8. The van der Waals surface area contributed by atoms with Gasteiger partial charge < -0.3 is 15.3 Å². The second-order valence-electron chi connectivity index (χ2n) is 6.56.